The second-order valence-corrected chi connectivity index (χ2v) is 8.99. The lowest BCUT2D eigenvalue weighted by Crippen LogP contribution is -2.22. The number of para-hydroxylation sites is 2. The minimum atomic E-state index is -3.49. The van der Waals surface area contributed by atoms with Crippen molar-refractivity contribution in [1.29, 1.82) is 0 Å². The van der Waals surface area contributed by atoms with E-state index in [0.29, 0.717) is 34.9 Å². The highest BCUT2D eigenvalue weighted by Crippen LogP contribution is 2.31. The van der Waals surface area contributed by atoms with Crippen molar-refractivity contribution >= 4 is 56.4 Å². The van der Waals surface area contributed by atoms with E-state index in [2.05, 4.69) is 30.6 Å². The maximum absolute atomic E-state index is 12.2. The van der Waals surface area contributed by atoms with Crippen LogP contribution in [0.4, 0.5) is 28.8 Å². The van der Waals surface area contributed by atoms with Crippen molar-refractivity contribution < 1.29 is 17.9 Å². The van der Waals surface area contributed by atoms with Gasteiger partial charge in [-0.05, 0) is 37.3 Å². The van der Waals surface area contributed by atoms with Crippen molar-refractivity contribution in [1.82, 2.24) is 15.3 Å². The molecule has 3 rings (SSSR count). The molecule has 12 heteroatoms. The van der Waals surface area contributed by atoms with Gasteiger partial charge in [0.2, 0.25) is 16.0 Å². The molecular weight excluding hydrogens is 468 g/mol. The molecule has 4 N–H and O–H groups in total. The lowest BCUT2D eigenvalue weighted by atomic mass is 10.1. The van der Waals surface area contributed by atoms with Gasteiger partial charge >= 0.3 is 0 Å². The third-order valence-electron chi connectivity index (χ3n) is 4.27. The molecule has 0 aliphatic rings. The van der Waals surface area contributed by atoms with Crippen molar-refractivity contribution in [3.63, 3.8) is 0 Å². The maximum atomic E-state index is 12.2. The summed E-state index contributed by atoms with van der Waals surface area (Å²) in [6.07, 6.45) is 2.46. The Hall–Kier alpha value is -3.57. The molecule has 1 heterocycles. The summed E-state index contributed by atoms with van der Waals surface area (Å²) in [6.45, 7) is 2.33. The highest BCUT2D eigenvalue weighted by molar-refractivity contribution is 7.92. The first kappa shape index (κ1) is 24.1. The molecule has 0 aliphatic heterocycles. The number of nitrogens with zero attached hydrogens (tertiary/aromatic N) is 2. The van der Waals surface area contributed by atoms with Crippen LogP contribution in [0.2, 0.25) is 5.02 Å². The number of anilines is 5. The van der Waals surface area contributed by atoms with Crippen molar-refractivity contribution in [3.8, 4) is 5.75 Å². The number of ether oxygens (including phenoxy) is 1. The molecule has 1 amide bonds. The van der Waals surface area contributed by atoms with E-state index in [1.54, 1.807) is 42.5 Å². The van der Waals surface area contributed by atoms with Gasteiger partial charge in [-0.2, -0.15) is 4.98 Å². The predicted octanol–water partition coefficient (Wildman–Crippen LogP) is 3.75. The summed E-state index contributed by atoms with van der Waals surface area (Å²) in [5.41, 5.74) is 1.70. The quantitative estimate of drug-likeness (QED) is 0.356. The molecule has 0 unspecified atom stereocenters. The number of benzene rings is 2. The minimum absolute atomic E-state index is 0.182. The average Bonchev–Trinajstić information content (AvgIpc) is 2.76. The standard InChI is InChI=1S/C21H23ClN6O4S/c1-4-23-20(29)13-9-10-18(32-2)17(11-13)26-21-24-12-14(22)19(27-21)25-15-7-5-6-8-16(15)28-33(3,30)31/h5-12,28H,4H2,1-3H3,(H,23,29)(H2,24,25,26,27). The summed E-state index contributed by atoms with van der Waals surface area (Å²) >= 11 is 6.26. The second kappa shape index (κ2) is 10.4. The molecule has 0 aliphatic carbocycles. The molecule has 0 spiro atoms. The summed E-state index contributed by atoms with van der Waals surface area (Å²) in [7, 11) is -1.98. The molecule has 174 valence electrons. The molecule has 33 heavy (non-hydrogen) atoms. The van der Waals surface area contributed by atoms with Gasteiger partial charge in [-0.3, -0.25) is 9.52 Å². The Morgan fingerprint density at radius 1 is 1.09 bits per heavy atom. The monoisotopic (exact) mass is 490 g/mol. The van der Waals surface area contributed by atoms with Crippen LogP contribution in [0.5, 0.6) is 5.75 Å². The SMILES string of the molecule is CCNC(=O)c1ccc(OC)c(Nc2ncc(Cl)c(Nc3ccccc3NS(C)(=O)=O)n2)c1. The topological polar surface area (TPSA) is 134 Å². The molecular formula is C21H23ClN6O4S. The van der Waals surface area contributed by atoms with Crippen molar-refractivity contribution in [2.75, 3.05) is 35.3 Å². The summed E-state index contributed by atoms with van der Waals surface area (Å²) in [6, 6.07) is 11.7. The van der Waals surface area contributed by atoms with Crippen LogP contribution in [0.1, 0.15) is 17.3 Å². The Labute approximate surface area is 196 Å². The first-order chi connectivity index (χ1) is 15.7. The number of hydrogen-bond donors (Lipinski definition) is 4. The Bertz CT molecular complexity index is 1270. The number of sulfonamides is 1. The molecule has 1 aromatic heterocycles. The number of carbonyl (C=O) groups is 1. The Balaban J connectivity index is 1.91. The Kier molecular flexibility index (Phi) is 7.56. The Morgan fingerprint density at radius 3 is 2.48 bits per heavy atom. The molecule has 0 saturated heterocycles. The average molecular weight is 491 g/mol. The maximum Gasteiger partial charge on any atom is 0.251 e. The molecule has 10 nitrogen and oxygen atoms in total. The number of hydrogen-bond acceptors (Lipinski definition) is 8. The van der Waals surface area contributed by atoms with Crippen molar-refractivity contribution in [2.45, 2.75) is 6.92 Å². The lowest BCUT2D eigenvalue weighted by Gasteiger charge is -2.15. The zero-order valence-electron chi connectivity index (χ0n) is 18.1. The van der Waals surface area contributed by atoms with E-state index in [0.717, 1.165) is 6.26 Å². The molecule has 0 radical (unpaired) electrons. The lowest BCUT2D eigenvalue weighted by molar-refractivity contribution is 0.0956. The van der Waals surface area contributed by atoms with Gasteiger partial charge in [-0.15, -0.1) is 0 Å². The molecule has 0 saturated carbocycles. The Morgan fingerprint density at radius 2 is 1.82 bits per heavy atom. The van der Waals surface area contributed by atoms with Crippen LogP contribution in [0.15, 0.2) is 48.7 Å². The van der Waals surface area contributed by atoms with Crippen molar-refractivity contribution in [3.05, 3.63) is 59.2 Å². The van der Waals surface area contributed by atoms with Crippen LogP contribution >= 0.6 is 11.6 Å². The summed E-state index contributed by atoms with van der Waals surface area (Å²) in [5, 5.41) is 9.01. The van der Waals surface area contributed by atoms with Crippen LogP contribution < -0.4 is 25.4 Å². The van der Waals surface area contributed by atoms with E-state index < -0.39 is 10.0 Å². The number of aromatic nitrogens is 2. The third kappa shape index (κ3) is 6.46. The van der Waals surface area contributed by atoms with Crippen molar-refractivity contribution in [2.24, 2.45) is 0 Å². The smallest absolute Gasteiger partial charge is 0.251 e. The van der Waals surface area contributed by atoms with Gasteiger partial charge in [0.25, 0.3) is 5.91 Å². The fraction of sp³-hybridized carbons (Fsp3) is 0.190. The number of rotatable bonds is 9. The van der Waals surface area contributed by atoms with E-state index in [4.69, 9.17) is 16.3 Å². The zero-order valence-corrected chi connectivity index (χ0v) is 19.7. The van der Waals surface area contributed by atoms with Crippen LogP contribution in [0.3, 0.4) is 0 Å². The number of amides is 1. The minimum Gasteiger partial charge on any atom is -0.495 e. The van der Waals surface area contributed by atoms with Gasteiger partial charge in [-0.25, -0.2) is 13.4 Å². The summed E-state index contributed by atoms with van der Waals surface area (Å²) in [5.74, 6) is 0.689. The number of halogens is 1. The van der Waals surface area contributed by atoms with E-state index in [-0.39, 0.29) is 22.7 Å². The molecule has 0 atom stereocenters. The van der Waals surface area contributed by atoms with Gasteiger partial charge in [-0.1, -0.05) is 23.7 Å². The third-order valence-corrected chi connectivity index (χ3v) is 5.13. The van der Waals surface area contributed by atoms with E-state index in [1.165, 1.54) is 13.3 Å². The number of carbonyl (C=O) groups excluding carboxylic acids is 1. The van der Waals surface area contributed by atoms with Crippen LogP contribution in [0, 0.1) is 0 Å². The van der Waals surface area contributed by atoms with Gasteiger partial charge < -0.3 is 20.7 Å². The zero-order chi connectivity index (χ0) is 24.0. The largest absolute Gasteiger partial charge is 0.495 e. The van der Waals surface area contributed by atoms with Crippen LogP contribution in [0.25, 0.3) is 0 Å². The van der Waals surface area contributed by atoms with Crippen LogP contribution in [-0.2, 0) is 10.0 Å². The first-order valence-electron chi connectivity index (χ1n) is 9.79. The fourth-order valence-electron chi connectivity index (χ4n) is 2.85. The molecule has 0 fully saturated rings. The van der Waals surface area contributed by atoms with E-state index >= 15 is 0 Å². The number of methoxy groups -OCH3 is 1. The van der Waals surface area contributed by atoms with E-state index in [9.17, 15) is 13.2 Å². The van der Waals surface area contributed by atoms with Gasteiger partial charge in [0, 0.05) is 12.1 Å². The summed E-state index contributed by atoms with van der Waals surface area (Å²) in [4.78, 5) is 20.8. The summed E-state index contributed by atoms with van der Waals surface area (Å²) < 4.78 is 31.1. The van der Waals surface area contributed by atoms with Gasteiger partial charge in [0.05, 0.1) is 36.6 Å². The molecule has 3 aromatic rings. The van der Waals surface area contributed by atoms with Gasteiger partial charge in [0.15, 0.2) is 5.82 Å². The van der Waals surface area contributed by atoms with Gasteiger partial charge in [0.1, 0.15) is 10.8 Å². The molecule has 0 bridgehead atoms. The highest BCUT2D eigenvalue weighted by Gasteiger charge is 2.14. The highest BCUT2D eigenvalue weighted by atomic mass is 35.5. The second-order valence-electron chi connectivity index (χ2n) is 6.83. The predicted molar refractivity (Wildman–Crippen MR) is 130 cm³/mol. The van der Waals surface area contributed by atoms with Crippen LogP contribution in [-0.4, -0.2) is 44.2 Å². The fourth-order valence-corrected chi connectivity index (χ4v) is 3.57. The first-order valence-corrected chi connectivity index (χ1v) is 12.1. The number of nitrogens with one attached hydrogen (secondary N) is 4. The normalized spacial score (nSPS) is 10.9. The molecule has 2 aromatic carbocycles. The van der Waals surface area contributed by atoms with E-state index in [1.807, 2.05) is 6.92 Å².